The van der Waals surface area contributed by atoms with Crippen molar-refractivity contribution in [1.29, 1.82) is 0 Å². The van der Waals surface area contributed by atoms with Gasteiger partial charge in [-0.05, 0) is 0 Å². The SMILES string of the molecule is C[I](C)(C)[SiH3]. The Labute approximate surface area is 40.3 Å². The number of rotatable bonds is 0. The summed E-state index contributed by atoms with van der Waals surface area (Å²) in [7, 11) is 1.49. The molecule has 0 aromatic carbocycles. The average Bonchev–Trinajstić information content (AvgIpc) is 0.722. The van der Waals surface area contributed by atoms with Crippen molar-refractivity contribution in [3.63, 3.8) is 0 Å². The van der Waals surface area contributed by atoms with Crippen LogP contribution in [0.15, 0.2) is 0 Å². The zero-order valence-electron chi connectivity index (χ0n) is 4.38. The van der Waals surface area contributed by atoms with E-state index in [2.05, 4.69) is 14.8 Å². The van der Waals surface area contributed by atoms with Crippen LogP contribution < -0.4 is 0 Å². The van der Waals surface area contributed by atoms with Crippen molar-refractivity contribution >= 4 is 25.4 Å². The molecule has 0 aliphatic heterocycles. The average molecular weight is 203 g/mol. The van der Waals surface area contributed by atoms with E-state index >= 15 is 0 Å². The second-order valence-corrected chi connectivity index (χ2v) is 30.4. The van der Waals surface area contributed by atoms with Crippen LogP contribution in [-0.4, -0.2) is 22.5 Å². The molecule has 0 saturated carbocycles. The topological polar surface area (TPSA) is 0 Å². The number of hydrogen-bond acceptors (Lipinski definition) is 0. The Bertz CT molecular complexity index is 22.4. The van der Waals surface area contributed by atoms with E-state index < -0.39 is 17.6 Å². The number of halogens is 1. The van der Waals surface area contributed by atoms with Crippen LogP contribution in [0.25, 0.3) is 0 Å². The van der Waals surface area contributed by atoms with Crippen LogP contribution in [0.5, 0.6) is 0 Å². The van der Waals surface area contributed by atoms with Gasteiger partial charge in [0, 0.05) is 0 Å². The molecule has 0 aliphatic carbocycles. The van der Waals surface area contributed by atoms with Gasteiger partial charge in [-0.1, -0.05) is 0 Å². The molecule has 0 heterocycles. The van der Waals surface area contributed by atoms with Gasteiger partial charge in [-0.2, -0.15) is 0 Å². The molecular weight excluding hydrogens is 191 g/mol. The summed E-state index contributed by atoms with van der Waals surface area (Å²) in [6.07, 6.45) is 0. The fraction of sp³-hybridized carbons (Fsp3) is 1.00. The van der Waals surface area contributed by atoms with Gasteiger partial charge in [0.25, 0.3) is 0 Å². The minimum atomic E-state index is -0.801. The van der Waals surface area contributed by atoms with E-state index in [-0.39, 0.29) is 0 Å². The molecule has 0 rings (SSSR count). The molecule has 35 valence electrons. The monoisotopic (exact) mass is 203 g/mol. The van der Waals surface area contributed by atoms with E-state index in [1.807, 2.05) is 0 Å². The Hall–Kier alpha value is 0.947. The predicted molar refractivity (Wildman–Crippen MR) is 41.7 cm³/mol. The fourth-order valence-electron chi connectivity index (χ4n) is 0. The van der Waals surface area contributed by atoms with E-state index in [9.17, 15) is 0 Å². The summed E-state index contributed by atoms with van der Waals surface area (Å²) in [5.41, 5.74) is 0. The van der Waals surface area contributed by atoms with Crippen LogP contribution in [0.2, 0.25) is 0 Å². The van der Waals surface area contributed by atoms with E-state index in [0.29, 0.717) is 0 Å². The van der Waals surface area contributed by atoms with Crippen LogP contribution in [0.4, 0.5) is 0 Å². The molecule has 0 saturated heterocycles. The molecule has 0 unspecified atom stereocenters. The van der Waals surface area contributed by atoms with E-state index in [1.165, 1.54) is 7.74 Å². The maximum absolute atomic E-state index is 2.43. The summed E-state index contributed by atoms with van der Waals surface area (Å²) in [5.74, 6) is 0. The van der Waals surface area contributed by atoms with Gasteiger partial charge in [0.2, 0.25) is 0 Å². The maximum atomic E-state index is 2.43. The van der Waals surface area contributed by atoms with Gasteiger partial charge in [-0.25, -0.2) is 0 Å². The third kappa shape index (κ3) is 47.9. The van der Waals surface area contributed by atoms with Gasteiger partial charge in [-0.3, -0.25) is 0 Å². The summed E-state index contributed by atoms with van der Waals surface area (Å²) >= 11 is -0.801. The van der Waals surface area contributed by atoms with Crippen molar-refractivity contribution in [2.75, 3.05) is 14.8 Å². The third-order valence-corrected chi connectivity index (χ3v) is 0. The van der Waals surface area contributed by atoms with Crippen molar-refractivity contribution in [2.24, 2.45) is 0 Å². The summed E-state index contributed by atoms with van der Waals surface area (Å²) in [4.78, 5) is 7.29. The van der Waals surface area contributed by atoms with Gasteiger partial charge in [-0.15, -0.1) is 0 Å². The first-order chi connectivity index (χ1) is 2.00. The fourth-order valence-corrected chi connectivity index (χ4v) is 0. The Morgan fingerprint density at radius 2 is 1.20 bits per heavy atom. The van der Waals surface area contributed by atoms with Gasteiger partial charge < -0.3 is 0 Å². The van der Waals surface area contributed by atoms with Crippen molar-refractivity contribution in [3.05, 3.63) is 0 Å². The van der Waals surface area contributed by atoms with Crippen LogP contribution in [-0.2, 0) is 0 Å². The molecule has 0 amide bonds. The molecule has 5 heavy (non-hydrogen) atoms. The van der Waals surface area contributed by atoms with Crippen LogP contribution >= 0.6 is 17.6 Å². The first kappa shape index (κ1) is 5.95. The van der Waals surface area contributed by atoms with Crippen LogP contribution in [0, 0.1) is 0 Å². The summed E-state index contributed by atoms with van der Waals surface area (Å²) in [6, 6.07) is 0. The van der Waals surface area contributed by atoms with Gasteiger partial charge in [0.05, 0.1) is 0 Å². The van der Waals surface area contributed by atoms with Crippen molar-refractivity contribution < 1.29 is 0 Å². The van der Waals surface area contributed by atoms with Crippen molar-refractivity contribution in [2.45, 2.75) is 0 Å². The van der Waals surface area contributed by atoms with Gasteiger partial charge in [0.15, 0.2) is 0 Å². The molecule has 0 fully saturated rings. The van der Waals surface area contributed by atoms with Gasteiger partial charge >= 0.3 is 40.2 Å². The van der Waals surface area contributed by atoms with E-state index in [1.54, 1.807) is 0 Å². The second-order valence-electron chi connectivity index (χ2n) is 2.27. The molecule has 0 aromatic rings. The Morgan fingerprint density at radius 3 is 1.20 bits per heavy atom. The van der Waals surface area contributed by atoms with E-state index in [0.717, 1.165) is 0 Å². The molecule has 1 radical (unpaired) electrons. The Morgan fingerprint density at radius 1 is 1.20 bits per heavy atom. The molecule has 0 bridgehead atoms. The molecule has 0 N–H and O–H groups in total. The third-order valence-electron chi connectivity index (χ3n) is 0. The standard InChI is InChI=1S/C3H12ISi/c1-4(2,3)5/h1-3,5H3. The van der Waals surface area contributed by atoms with Gasteiger partial charge in [0.1, 0.15) is 0 Å². The number of hydrogen-bond donors (Lipinski definition) is 0. The molecule has 0 atom stereocenters. The molecule has 0 aliphatic rings. The van der Waals surface area contributed by atoms with Crippen LogP contribution in [0.3, 0.4) is 0 Å². The Balaban J connectivity index is 3.02. The molecule has 0 spiro atoms. The van der Waals surface area contributed by atoms with E-state index in [4.69, 9.17) is 0 Å². The zero-order chi connectivity index (χ0) is 4.50. The normalized spacial score (nSPS) is 15.8. The summed E-state index contributed by atoms with van der Waals surface area (Å²) in [6.45, 7) is 0. The summed E-state index contributed by atoms with van der Waals surface area (Å²) in [5, 5.41) is 0. The predicted octanol–water partition coefficient (Wildman–Crippen LogP) is 0.198. The molecule has 0 nitrogen and oxygen atoms in total. The minimum absolute atomic E-state index is 0.801. The Kier molecular flexibility index (Phi) is 1.90. The summed E-state index contributed by atoms with van der Waals surface area (Å²) < 4.78 is 0. The number of alkyl halides is 3. The second kappa shape index (κ2) is 1.60. The molecule has 0 aromatic heterocycles. The van der Waals surface area contributed by atoms with Crippen molar-refractivity contribution in [1.82, 2.24) is 0 Å². The first-order valence-corrected chi connectivity index (χ1v) is 15.2. The first-order valence-electron chi connectivity index (χ1n) is 1.51. The molecular formula is C3H12ISi. The van der Waals surface area contributed by atoms with Crippen LogP contribution in [0.1, 0.15) is 0 Å². The quantitative estimate of drug-likeness (QED) is 0.228. The zero-order valence-corrected chi connectivity index (χ0v) is 8.54. The molecule has 2 heteroatoms. The van der Waals surface area contributed by atoms with Crippen molar-refractivity contribution in [3.8, 4) is 0 Å².